The number of benzene rings is 2. The lowest BCUT2D eigenvalue weighted by Crippen LogP contribution is -2.30. The molecule has 22 heavy (non-hydrogen) atoms. The number of amides is 1. The molecule has 1 aliphatic heterocycles. The van der Waals surface area contributed by atoms with Gasteiger partial charge in [-0.15, -0.1) is 0 Å². The van der Waals surface area contributed by atoms with Crippen LogP contribution in [0.25, 0.3) is 0 Å². The van der Waals surface area contributed by atoms with Crippen LogP contribution in [0.15, 0.2) is 46.9 Å². The quantitative estimate of drug-likeness (QED) is 0.890. The normalized spacial score (nSPS) is 13.1. The van der Waals surface area contributed by atoms with Crippen LogP contribution in [0.1, 0.15) is 17.5 Å². The molecule has 0 unspecified atom stereocenters. The Morgan fingerprint density at radius 2 is 2.09 bits per heavy atom. The molecule has 0 bridgehead atoms. The first-order chi connectivity index (χ1) is 10.6. The second-order valence-corrected chi connectivity index (χ2v) is 6.42. The van der Waals surface area contributed by atoms with E-state index >= 15 is 0 Å². The standard InChI is InChI=1S/C18H19BrN2O/c1-13-12-15(6-7-16(13)19)20-10-8-18(22)21-11-9-14-4-2-3-5-17(14)21/h2-7,12,20H,8-11H2,1H3. The zero-order chi connectivity index (χ0) is 15.5. The molecule has 1 amide bonds. The maximum atomic E-state index is 12.4. The predicted molar refractivity (Wildman–Crippen MR) is 94.5 cm³/mol. The number of nitrogens with zero attached hydrogens (tertiary/aromatic N) is 1. The molecule has 0 atom stereocenters. The van der Waals surface area contributed by atoms with Crippen LogP contribution in [-0.2, 0) is 11.2 Å². The Bertz CT molecular complexity index is 699. The fourth-order valence-electron chi connectivity index (χ4n) is 2.80. The van der Waals surface area contributed by atoms with Crippen LogP contribution in [0.5, 0.6) is 0 Å². The molecule has 3 rings (SSSR count). The smallest absolute Gasteiger partial charge is 0.228 e. The minimum Gasteiger partial charge on any atom is -0.385 e. The van der Waals surface area contributed by atoms with Crippen molar-refractivity contribution in [3.63, 3.8) is 0 Å². The summed E-state index contributed by atoms with van der Waals surface area (Å²) in [5.41, 5.74) is 4.58. The van der Waals surface area contributed by atoms with Crippen LogP contribution in [0, 0.1) is 6.92 Å². The summed E-state index contributed by atoms with van der Waals surface area (Å²) in [4.78, 5) is 14.3. The van der Waals surface area contributed by atoms with E-state index in [0.717, 1.165) is 28.8 Å². The maximum absolute atomic E-state index is 12.4. The Kier molecular flexibility index (Phi) is 4.48. The van der Waals surface area contributed by atoms with E-state index < -0.39 is 0 Å². The minimum atomic E-state index is 0.186. The van der Waals surface area contributed by atoms with Gasteiger partial charge in [0.25, 0.3) is 0 Å². The molecule has 4 heteroatoms. The van der Waals surface area contributed by atoms with Crippen molar-refractivity contribution < 1.29 is 4.79 Å². The molecule has 0 saturated heterocycles. The SMILES string of the molecule is Cc1cc(NCCC(=O)N2CCc3ccccc32)ccc1Br. The first-order valence-electron chi connectivity index (χ1n) is 7.53. The van der Waals surface area contributed by atoms with Gasteiger partial charge in [-0.05, 0) is 48.7 Å². The Morgan fingerprint density at radius 1 is 1.27 bits per heavy atom. The van der Waals surface area contributed by atoms with Crippen molar-refractivity contribution in [3.8, 4) is 0 Å². The van der Waals surface area contributed by atoms with E-state index in [-0.39, 0.29) is 5.91 Å². The molecule has 0 fully saturated rings. The minimum absolute atomic E-state index is 0.186. The topological polar surface area (TPSA) is 32.3 Å². The fourth-order valence-corrected chi connectivity index (χ4v) is 3.05. The second kappa shape index (κ2) is 6.53. The largest absolute Gasteiger partial charge is 0.385 e. The van der Waals surface area contributed by atoms with Crippen LogP contribution in [-0.4, -0.2) is 19.0 Å². The highest BCUT2D eigenvalue weighted by Gasteiger charge is 2.23. The number of fused-ring (bicyclic) bond motifs is 1. The van der Waals surface area contributed by atoms with Crippen molar-refractivity contribution in [2.75, 3.05) is 23.3 Å². The number of hydrogen-bond acceptors (Lipinski definition) is 2. The van der Waals surface area contributed by atoms with Crippen LogP contribution in [0.3, 0.4) is 0 Å². The van der Waals surface area contributed by atoms with Crippen molar-refractivity contribution in [1.29, 1.82) is 0 Å². The Balaban J connectivity index is 1.56. The summed E-state index contributed by atoms with van der Waals surface area (Å²) >= 11 is 3.49. The maximum Gasteiger partial charge on any atom is 0.228 e. The van der Waals surface area contributed by atoms with Gasteiger partial charge in [-0.1, -0.05) is 34.1 Å². The molecule has 2 aromatic carbocycles. The number of nitrogens with one attached hydrogen (secondary N) is 1. The molecule has 3 nitrogen and oxygen atoms in total. The van der Waals surface area contributed by atoms with E-state index in [4.69, 9.17) is 0 Å². The summed E-state index contributed by atoms with van der Waals surface area (Å²) in [6.07, 6.45) is 1.46. The second-order valence-electron chi connectivity index (χ2n) is 5.56. The van der Waals surface area contributed by atoms with E-state index in [0.29, 0.717) is 13.0 Å². The number of rotatable bonds is 4. The molecular weight excluding hydrogens is 340 g/mol. The van der Waals surface area contributed by atoms with Gasteiger partial charge in [0, 0.05) is 35.4 Å². The first kappa shape index (κ1) is 15.1. The summed E-state index contributed by atoms with van der Waals surface area (Å²) in [7, 11) is 0. The summed E-state index contributed by atoms with van der Waals surface area (Å²) in [5.74, 6) is 0.186. The lowest BCUT2D eigenvalue weighted by Gasteiger charge is -2.17. The Labute approximate surface area is 139 Å². The summed E-state index contributed by atoms with van der Waals surface area (Å²) < 4.78 is 1.10. The number of aryl methyl sites for hydroxylation is 1. The Morgan fingerprint density at radius 3 is 2.91 bits per heavy atom. The van der Waals surface area contributed by atoms with Gasteiger partial charge in [0.2, 0.25) is 5.91 Å². The third kappa shape index (κ3) is 3.17. The van der Waals surface area contributed by atoms with E-state index in [2.05, 4.69) is 40.3 Å². The highest BCUT2D eigenvalue weighted by molar-refractivity contribution is 9.10. The van der Waals surface area contributed by atoms with E-state index in [9.17, 15) is 4.79 Å². The highest BCUT2D eigenvalue weighted by Crippen LogP contribution is 2.27. The summed E-state index contributed by atoms with van der Waals surface area (Å²) in [5, 5.41) is 3.32. The van der Waals surface area contributed by atoms with E-state index in [1.54, 1.807) is 0 Å². The molecule has 0 radical (unpaired) electrons. The lowest BCUT2D eigenvalue weighted by molar-refractivity contribution is -0.118. The van der Waals surface area contributed by atoms with Crippen LogP contribution in [0.4, 0.5) is 11.4 Å². The number of para-hydroxylation sites is 1. The van der Waals surface area contributed by atoms with Crippen LogP contribution < -0.4 is 10.2 Å². The lowest BCUT2D eigenvalue weighted by atomic mass is 10.2. The van der Waals surface area contributed by atoms with Gasteiger partial charge in [0.05, 0.1) is 0 Å². The van der Waals surface area contributed by atoms with Crippen molar-refractivity contribution in [1.82, 2.24) is 0 Å². The van der Waals surface area contributed by atoms with Crippen molar-refractivity contribution in [2.24, 2.45) is 0 Å². The van der Waals surface area contributed by atoms with Gasteiger partial charge in [-0.3, -0.25) is 4.79 Å². The number of carbonyl (C=O) groups excluding carboxylic acids is 1. The molecule has 1 heterocycles. The third-order valence-electron chi connectivity index (χ3n) is 4.01. The molecule has 1 N–H and O–H groups in total. The van der Waals surface area contributed by atoms with Gasteiger partial charge in [-0.2, -0.15) is 0 Å². The molecule has 0 aliphatic carbocycles. The highest BCUT2D eigenvalue weighted by atomic mass is 79.9. The van der Waals surface area contributed by atoms with Crippen molar-refractivity contribution in [2.45, 2.75) is 19.8 Å². The van der Waals surface area contributed by atoms with Gasteiger partial charge in [0.1, 0.15) is 0 Å². The molecule has 114 valence electrons. The first-order valence-corrected chi connectivity index (χ1v) is 8.33. The average molecular weight is 359 g/mol. The number of halogens is 1. The number of anilines is 2. The van der Waals surface area contributed by atoms with E-state index in [1.807, 2.05) is 35.2 Å². The van der Waals surface area contributed by atoms with Crippen LogP contribution in [0.2, 0.25) is 0 Å². The summed E-state index contributed by atoms with van der Waals surface area (Å²) in [6, 6.07) is 14.3. The van der Waals surface area contributed by atoms with Gasteiger partial charge in [-0.25, -0.2) is 0 Å². The monoisotopic (exact) mass is 358 g/mol. The molecule has 0 aromatic heterocycles. The molecular formula is C18H19BrN2O. The van der Waals surface area contributed by atoms with Gasteiger partial charge >= 0.3 is 0 Å². The Hall–Kier alpha value is -1.81. The van der Waals surface area contributed by atoms with Gasteiger partial charge < -0.3 is 10.2 Å². The summed E-state index contributed by atoms with van der Waals surface area (Å²) in [6.45, 7) is 3.51. The zero-order valence-corrected chi connectivity index (χ0v) is 14.2. The average Bonchev–Trinajstić information content (AvgIpc) is 2.95. The number of hydrogen-bond donors (Lipinski definition) is 1. The molecule has 2 aromatic rings. The van der Waals surface area contributed by atoms with Gasteiger partial charge in [0.15, 0.2) is 0 Å². The third-order valence-corrected chi connectivity index (χ3v) is 4.90. The van der Waals surface area contributed by atoms with Crippen LogP contribution >= 0.6 is 15.9 Å². The molecule has 0 spiro atoms. The van der Waals surface area contributed by atoms with Crippen molar-refractivity contribution >= 4 is 33.2 Å². The predicted octanol–water partition coefficient (Wildman–Crippen LogP) is 4.15. The van der Waals surface area contributed by atoms with E-state index in [1.165, 1.54) is 11.1 Å². The van der Waals surface area contributed by atoms with Crippen molar-refractivity contribution in [3.05, 3.63) is 58.1 Å². The molecule has 0 saturated carbocycles. The number of carbonyl (C=O) groups is 1. The molecule has 1 aliphatic rings. The zero-order valence-electron chi connectivity index (χ0n) is 12.6. The fraction of sp³-hybridized carbons (Fsp3) is 0.278.